The standard InChI is InChI=1S/C19H19F3N4/c1-25-11-14(10-24-25)8-13-5-7-26(12-13)18-4-6-23-17-9-15(19(20,21)22)2-3-16(17)18/h2-4,6,9-11,13H,5,7-8,12H2,1H3. The molecule has 4 nitrogen and oxygen atoms in total. The number of pyridine rings is 1. The van der Waals surface area contributed by atoms with Gasteiger partial charge in [-0.1, -0.05) is 6.07 Å². The highest BCUT2D eigenvalue weighted by Crippen LogP contribution is 2.35. The van der Waals surface area contributed by atoms with Gasteiger partial charge in [0, 0.05) is 43.6 Å². The molecular weight excluding hydrogens is 341 g/mol. The molecule has 0 N–H and O–H groups in total. The number of hydrogen-bond donors (Lipinski definition) is 0. The van der Waals surface area contributed by atoms with E-state index in [0.29, 0.717) is 11.4 Å². The van der Waals surface area contributed by atoms with E-state index in [2.05, 4.69) is 15.0 Å². The number of aryl methyl sites for hydroxylation is 1. The van der Waals surface area contributed by atoms with Gasteiger partial charge in [-0.25, -0.2) is 0 Å². The summed E-state index contributed by atoms with van der Waals surface area (Å²) in [5.74, 6) is 0.511. The van der Waals surface area contributed by atoms with Crippen molar-refractivity contribution in [2.45, 2.75) is 19.0 Å². The van der Waals surface area contributed by atoms with E-state index >= 15 is 0 Å². The molecule has 2 aromatic heterocycles. The Hall–Kier alpha value is -2.57. The van der Waals surface area contributed by atoms with Crippen LogP contribution in [0.1, 0.15) is 17.5 Å². The lowest BCUT2D eigenvalue weighted by Gasteiger charge is -2.21. The van der Waals surface area contributed by atoms with E-state index < -0.39 is 11.7 Å². The Kier molecular flexibility index (Phi) is 4.09. The predicted molar refractivity (Wildman–Crippen MR) is 94.0 cm³/mol. The summed E-state index contributed by atoms with van der Waals surface area (Å²) in [6.07, 6.45) is 3.18. The Morgan fingerprint density at radius 1 is 1.23 bits per heavy atom. The molecule has 1 atom stereocenters. The second kappa shape index (κ2) is 6.30. The molecule has 0 saturated carbocycles. The highest BCUT2D eigenvalue weighted by molar-refractivity contribution is 5.92. The van der Waals surface area contributed by atoms with Gasteiger partial charge < -0.3 is 4.90 Å². The van der Waals surface area contributed by atoms with Crippen LogP contribution in [0.15, 0.2) is 42.9 Å². The smallest absolute Gasteiger partial charge is 0.371 e. The lowest BCUT2D eigenvalue weighted by Crippen LogP contribution is -2.20. The monoisotopic (exact) mass is 360 g/mol. The van der Waals surface area contributed by atoms with Gasteiger partial charge in [0.2, 0.25) is 0 Å². The lowest BCUT2D eigenvalue weighted by molar-refractivity contribution is -0.137. The third kappa shape index (κ3) is 3.25. The van der Waals surface area contributed by atoms with Crippen LogP contribution in [0.2, 0.25) is 0 Å². The second-order valence-electron chi connectivity index (χ2n) is 6.89. The Bertz CT molecular complexity index is 932. The van der Waals surface area contributed by atoms with Gasteiger partial charge in [-0.05, 0) is 42.5 Å². The van der Waals surface area contributed by atoms with Crippen LogP contribution < -0.4 is 4.90 Å². The first-order valence-corrected chi connectivity index (χ1v) is 8.58. The summed E-state index contributed by atoms with van der Waals surface area (Å²) in [5, 5.41) is 4.97. The van der Waals surface area contributed by atoms with Crippen molar-refractivity contribution in [1.82, 2.24) is 14.8 Å². The number of aromatic nitrogens is 3. The molecule has 1 saturated heterocycles. The summed E-state index contributed by atoms with van der Waals surface area (Å²) >= 11 is 0. The van der Waals surface area contributed by atoms with Crippen molar-refractivity contribution in [1.29, 1.82) is 0 Å². The number of halogens is 3. The average molecular weight is 360 g/mol. The zero-order valence-corrected chi connectivity index (χ0v) is 14.4. The average Bonchev–Trinajstić information content (AvgIpc) is 3.22. The van der Waals surface area contributed by atoms with Crippen molar-refractivity contribution >= 4 is 16.6 Å². The first-order chi connectivity index (χ1) is 12.4. The molecule has 1 aromatic carbocycles. The molecule has 1 aliphatic rings. The van der Waals surface area contributed by atoms with Gasteiger partial charge >= 0.3 is 6.18 Å². The van der Waals surface area contributed by atoms with Gasteiger partial charge in [0.05, 0.1) is 17.3 Å². The molecule has 0 radical (unpaired) electrons. The van der Waals surface area contributed by atoms with Crippen molar-refractivity contribution in [3.8, 4) is 0 Å². The van der Waals surface area contributed by atoms with Gasteiger partial charge in [-0.15, -0.1) is 0 Å². The van der Waals surface area contributed by atoms with Gasteiger partial charge in [-0.2, -0.15) is 18.3 Å². The van der Waals surface area contributed by atoms with Crippen molar-refractivity contribution in [3.05, 3.63) is 54.0 Å². The zero-order valence-electron chi connectivity index (χ0n) is 14.4. The van der Waals surface area contributed by atoms with Crippen LogP contribution in [0.25, 0.3) is 10.9 Å². The number of nitrogens with zero attached hydrogens (tertiary/aromatic N) is 4. The molecule has 7 heteroatoms. The summed E-state index contributed by atoms with van der Waals surface area (Å²) in [6.45, 7) is 1.78. The minimum Gasteiger partial charge on any atom is -0.371 e. The number of hydrogen-bond acceptors (Lipinski definition) is 3. The van der Waals surface area contributed by atoms with Crippen LogP contribution in [0.3, 0.4) is 0 Å². The SMILES string of the molecule is Cn1cc(CC2CCN(c3ccnc4cc(C(F)(F)F)ccc34)C2)cn1. The molecule has 4 rings (SSSR count). The lowest BCUT2D eigenvalue weighted by atomic mass is 10.0. The van der Waals surface area contributed by atoms with E-state index in [1.807, 2.05) is 25.5 Å². The fourth-order valence-corrected chi connectivity index (χ4v) is 3.71. The largest absolute Gasteiger partial charge is 0.416 e. The first kappa shape index (κ1) is 16.9. The van der Waals surface area contributed by atoms with E-state index in [-0.39, 0.29) is 0 Å². The number of alkyl halides is 3. The van der Waals surface area contributed by atoms with Gasteiger partial charge in [0.25, 0.3) is 0 Å². The normalized spacial score (nSPS) is 18.0. The fraction of sp³-hybridized carbons (Fsp3) is 0.368. The van der Waals surface area contributed by atoms with E-state index in [1.165, 1.54) is 11.6 Å². The van der Waals surface area contributed by atoms with Crippen molar-refractivity contribution in [2.24, 2.45) is 13.0 Å². The molecule has 3 aromatic rings. The van der Waals surface area contributed by atoms with E-state index in [4.69, 9.17) is 0 Å². The van der Waals surface area contributed by atoms with Crippen molar-refractivity contribution < 1.29 is 13.2 Å². The molecule has 136 valence electrons. The maximum atomic E-state index is 12.9. The molecule has 0 amide bonds. The Morgan fingerprint density at radius 3 is 2.81 bits per heavy atom. The van der Waals surface area contributed by atoms with Crippen LogP contribution in [0, 0.1) is 5.92 Å². The molecule has 1 fully saturated rings. The first-order valence-electron chi connectivity index (χ1n) is 8.58. The van der Waals surface area contributed by atoms with Gasteiger partial charge in [0.1, 0.15) is 0 Å². The molecule has 1 aliphatic heterocycles. The molecule has 0 aliphatic carbocycles. The van der Waals surface area contributed by atoms with Crippen LogP contribution in [0.5, 0.6) is 0 Å². The Balaban J connectivity index is 1.57. The third-order valence-electron chi connectivity index (χ3n) is 4.96. The predicted octanol–water partition coefficient (Wildman–Crippen LogP) is 4.06. The summed E-state index contributed by atoms with van der Waals surface area (Å²) in [5.41, 5.74) is 1.89. The summed E-state index contributed by atoms with van der Waals surface area (Å²) in [6, 6.07) is 5.69. The quantitative estimate of drug-likeness (QED) is 0.706. The molecule has 26 heavy (non-hydrogen) atoms. The van der Waals surface area contributed by atoms with Crippen molar-refractivity contribution in [3.63, 3.8) is 0 Å². The van der Waals surface area contributed by atoms with Gasteiger partial charge in [0.15, 0.2) is 0 Å². The van der Waals surface area contributed by atoms with Crippen LogP contribution >= 0.6 is 0 Å². The van der Waals surface area contributed by atoms with E-state index in [0.717, 1.165) is 49.1 Å². The minimum atomic E-state index is -4.35. The minimum absolute atomic E-state index is 0.382. The number of fused-ring (bicyclic) bond motifs is 1. The van der Waals surface area contributed by atoms with E-state index in [1.54, 1.807) is 10.9 Å². The summed E-state index contributed by atoms with van der Waals surface area (Å²) in [4.78, 5) is 6.39. The van der Waals surface area contributed by atoms with Crippen LogP contribution in [-0.4, -0.2) is 27.9 Å². The molecule has 0 bridgehead atoms. The Morgan fingerprint density at radius 2 is 2.08 bits per heavy atom. The number of rotatable bonds is 3. The van der Waals surface area contributed by atoms with E-state index in [9.17, 15) is 13.2 Å². The summed E-state index contributed by atoms with van der Waals surface area (Å²) < 4.78 is 40.6. The van der Waals surface area contributed by atoms with Crippen LogP contribution in [-0.2, 0) is 19.6 Å². The van der Waals surface area contributed by atoms with Crippen LogP contribution in [0.4, 0.5) is 18.9 Å². The molecule has 0 spiro atoms. The number of anilines is 1. The highest BCUT2D eigenvalue weighted by atomic mass is 19.4. The third-order valence-corrected chi connectivity index (χ3v) is 4.96. The number of benzene rings is 1. The zero-order chi connectivity index (χ0) is 18.3. The molecular formula is C19H19F3N4. The van der Waals surface area contributed by atoms with Gasteiger partial charge in [-0.3, -0.25) is 9.67 Å². The Labute approximate surface area is 149 Å². The topological polar surface area (TPSA) is 34.0 Å². The fourth-order valence-electron chi connectivity index (χ4n) is 3.71. The molecule has 3 heterocycles. The highest BCUT2D eigenvalue weighted by Gasteiger charge is 2.31. The molecule has 1 unspecified atom stereocenters. The maximum Gasteiger partial charge on any atom is 0.416 e. The second-order valence-corrected chi connectivity index (χ2v) is 6.89. The van der Waals surface area contributed by atoms with Crippen molar-refractivity contribution in [2.75, 3.05) is 18.0 Å². The maximum absolute atomic E-state index is 12.9. The summed E-state index contributed by atoms with van der Waals surface area (Å²) in [7, 11) is 1.91.